The van der Waals surface area contributed by atoms with E-state index in [-0.39, 0.29) is 30.6 Å². The van der Waals surface area contributed by atoms with Crippen LogP contribution in [0.4, 0.5) is 0 Å². The lowest BCUT2D eigenvalue weighted by molar-refractivity contribution is -0.155. The van der Waals surface area contributed by atoms with Crippen molar-refractivity contribution in [3.8, 4) is 0 Å². The van der Waals surface area contributed by atoms with Crippen LogP contribution in [0.5, 0.6) is 0 Å². The fourth-order valence-corrected chi connectivity index (χ4v) is 0.706. The lowest BCUT2D eigenvalue weighted by atomic mass is 10.2. The summed E-state index contributed by atoms with van der Waals surface area (Å²) in [6, 6.07) is 0. The average molecular weight is 262 g/mol. The molecule has 0 aromatic carbocycles. The number of aliphatic hydroxyl groups is 1. The summed E-state index contributed by atoms with van der Waals surface area (Å²) in [6.07, 6.45) is -0.0938. The molecule has 1 saturated heterocycles. The Balaban J connectivity index is 0. The molecule has 0 radical (unpaired) electrons. The standard InChI is InChI=1S/C5H9NO3.C4H5NO2.CH4O/c1-6-4(7)3-5(8)9-2;1-5-3(6)2-4(5)7;1-2/h3H2,1-2H3,(H,6,7);2H2,1H3;2H,1H3. The van der Waals surface area contributed by atoms with Crippen LogP contribution in [0.3, 0.4) is 0 Å². The van der Waals surface area contributed by atoms with E-state index in [1.54, 1.807) is 0 Å². The topological polar surface area (TPSA) is 113 Å². The number of esters is 1. The molecule has 0 unspecified atom stereocenters. The second kappa shape index (κ2) is 10.2. The smallest absolute Gasteiger partial charge is 0.315 e. The molecule has 1 heterocycles. The summed E-state index contributed by atoms with van der Waals surface area (Å²) >= 11 is 0. The Bertz CT molecular complexity index is 287. The van der Waals surface area contributed by atoms with Crippen molar-refractivity contribution in [1.29, 1.82) is 0 Å². The van der Waals surface area contributed by atoms with Gasteiger partial charge in [-0.25, -0.2) is 0 Å². The predicted octanol–water partition coefficient (Wildman–Crippen LogP) is -1.72. The van der Waals surface area contributed by atoms with Crippen molar-refractivity contribution in [1.82, 2.24) is 10.2 Å². The SMILES string of the molecule is CN1C(=O)CC1=O.CNC(=O)CC(=O)OC.CO. The van der Waals surface area contributed by atoms with Crippen molar-refractivity contribution in [2.45, 2.75) is 12.8 Å². The maximum atomic E-state index is 10.4. The first kappa shape index (κ1) is 18.4. The number of likely N-dealkylation sites (tertiary alicyclic amines) is 1. The number of methoxy groups -OCH3 is 1. The number of amides is 3. The number of nitrogens with zero attached hydrogens (tertiary/aromatic N) is 1. The number of rotatable bonds is 2. The molecule has 0 saturated carbocycles. The Morgan fingerprint density at radius 2 is 1.78 bits per heavy atom. The Kier molecular flexibility index (Phi) is 10.4. The molecule has 8 nitrogen and oxygen atoms in total. The molecule has 18 heavy (non-hydrogen) atoms. The van der Waals surface area contributed by atoms with Gasteiger partial charge in [-0.3, -0.25) is 24.1 Å². The fourth-order valence-electron chi connectivity index (χ4n) is 0.706. The highest BCUT2D eigenvalue weighted by atomic mass is 16.5. The molecule has 0 aromatic heterocycles. The number of aliphatic hydroxyl groups excluding tert-OH is 1. The van der Waals surface area contributed by atoms with Gasteiger partial charge in [-0.15, -0.1) is 0 Å². The third-order valence-electron chi connectivity index (χ3n) is 1.86. The van der Waals surface area contributed by atoms with Gasteiger partial charge >= 0.3 is 5.97 Å². The predicted molar refractivity (Wildman–Crippen MR) is 61.2 cm³/mol. The number of carbonyl (C=O) groups excluding carboxylic acids is 4. The third kappa shape index (κ3) is 7.34. The Morgan fingerprint density at radius 1 is 1.33 bits per heavy atom. The molecular formula is C10H18N2O6. The molecule has 1 aliphatic rings. The van der Waals surface area contributed by atoms with Crippen molar-refractivity contribution in [3.05, 3.63) is 0 Å². The van der Waals surface area contributed by atoms with Crippen LogP contribution in [0.25, 0.3) is 0 Å². The highest BCUT2D eigenvalue weighted by Crippen LogP contribution is 2.05. The summed E-state index contributed by atoms with van der Waals surface area (Å²) in [6.45, 7) is 0. The maximum absolute atomic E-state index is 10.4. The molecule has 0 bridgehead atoms. The molecule has 0 spiro atoms. The van der Waals surface area contributed by atoms with Crippen LogP contribution in [0.2, 0.25) is 0 Å². The molecule has 0 aliphatic carbocycles. The van der Waals surface area contributed by atoms with Gasteiger partial charge in [0, 0.05) is 21.2 Å². The van der Waals surface area contributed by atoms with E-state index >= 15 is 0 Å². The number of carbonyl (C=O) groups is 4. The van der Waals surface area contributed by atoms with Crippen LogP contribution >= 0.6 is 0 Å². The molecule has 1 fully saturated rings. The molecule has 1 aliphatic heterocycles. The first-order chi connectivity index (χ1) is 8.42. The van der Waals surface area contributed by atoms with Crippen molar-refractivity contribution >= 4 is 23.7 Å². The van der Waals surface area contributed by atoms with Gasteiger partial charge in [-0.2, -0.15) is 0 Å². The first-order valence-corrected chi connectivity index (χ1v) is 4.93. The van der Waals surface area contributed by atoms with E-state index in [0.29, 0.717) is 0 Å². The number of ether oxygens (including phenoxy) is 1. The zero-order valence-electron chi connectivity index (χ0n) is 10.8. The zero-order chi connectivity index (χ0) is 14.7. The molecular weight excluding hydrogens is 244 g/mol. The van der Waals surface area contributed by atoms with Gasteiger partial charge in [0.1, 0.15) is 12.8 Å². The Morgan fingerprint density at radius 3 is 1.94 bits per heavy atom. The van der Waals surface area contributed by atoms with Gasteiger partial charge < -0.3 is 15.2 Å². The minimum absolute atomic E-state index is 0.0787. The van der Waals surface area contributed by atoms with Gasteiger partial charge in [0.05, 0.1) is 7.11 Å². The second-order valence-electron chi connectivity index (χ2n) is 2.95. The van der Waals surface area contributed by atoms with Crippen LogP contribution in [-0.2, 0) is 23.9 Å². The van der Waals surface area contributed by atoms with E-state index in [0.717, 1.165) is 12.0 Å². The van der Waals surface area contributed by atoms with Crippen molar-refractivity contribution in [3.63, 3.8) is 0 Å². The number of nitrogens with one attached hydrogen (secondary N) is 1. The highest BCUT2D eigenvalue weighted by Gasteiger charge is 2.29. The summed E-state index contributed by atoms with van der Waals surface area (Å²) in [5.74, 6) is -1.01. The molecule has 1 rings (SSSR count). The van der Waals surface area contributed by atoms with Crippen LogP contribution in [0, 0.1) is 0 Å². The van der Waals surface area contributed by atoms with Gasteiger partial charge in [-0.1, -0.05) is 0 Å². The lowest BCUT2D eigenvalue weighted by Gasteiger charge is -2.22. The fraction of sp³-hybridized carbons (Fsp3) is 0.600. The summed E-state index contributed by atoms with van der Waals surface area (Å²) < 4.78 is 4.22. The number of hydrogen-bond donors (Lipinski definition) is 2. The van der Waals surface area contributed by atoms with E-state index in [2.05, 4.69) is 10.1 Å². The van der Waals surface area contributed by atoms with Crippen LogP contribution in [0.15, 0.2) is 0 Å². The van der Waals surface area contributed by atoms with Gasteiger partial charge in [0.15, 0.2) is 0 Å². The van der Waals surface area contributed by atoms with E-state index in [1.165, 1.54) is 21.2 Å². The molecule has 8 heteroatoms. The van der Waals surface area contributed by atoms with Crippen molar-refractivity contribution in [2.24, 2.45) is 0 Å². The van der Waals surface area contributed by atoms with Crippen LogP contribution in [0.1, 0.15) is 12.8 Å². The van der Waals surface area contributed by atoms with Crippen LogP contribution < -0.4 is 5.32 Å². The Hall–Kier alpha value is -1.96. The zero-order valence-corrected chi connectivity index (χ0v) is 10.8. The lowest BCUT2D eigenvalue weighted by Crippen LogP contribution is -2.45. The van der Waals surface area contributed by atoms with Crippen LogP contribution in [-0.4, -0.2) is 62.0 Å². The molecule has 3 amide bonds. The summed E-state index contributed by atoms with van der Waals surface area (Å²) in [5, 5.41) is 9.29. The minimum atomic E-state index is -0.519. The monoisotopic (exact) mass is 262 g/mol. The normalized spacial score (nSPS) is 12.2. The largest absolute Gasteiger partial charge is 0.469 e. The van der Waals surface area contributed by atoms with Gasteiger partial charge in [-0.05, 0) is 0 Å². The first-order valence-electron chi connectivity index (χ1n) is 4.93. The highest BCUT2D eigenvalue weighted by molar-refractivity contribution is 6.14. The number of hydrogen-bond acceptors (Lipinski definition) is 6. The molecule has 0 atom stereocenters. The van der Waals surface area contributed by atoms with Crippen molar-refractivity contribution in [2.75, 3.05) is 28.3 Å². The summed E-state index contributed by atoms with van der Waals surface area (Å²) in [7, 11) is 5.19. The number of imide groups is 1. The average Bonchev–Trinajstić information content (AvgIpc) is 2.41. The van der Waals surface area contributed by atoms with E-state index in [1.807, 2.05) is 0 Å². The van der Waals surface area contributed by atoms with E-state index < -0.39 is 5.97 Å². The summed E-state index contributed by atoms with van der Waals surface area (Å²) in [5.41, 5.74) is 0. The molecule has 0 aromatic rings. The third-order valence-corrected chi connectivity index (χ3v) is 1.86. The van der Waals surface area contributed by atoms with E-state index in [9.17, 15) is 19.2 Å². The van der Waals surface area contributed by atoms with Gasteiger partial charge in [0.2, 0.25) is 17.7 Å². The maximum Gasteiger partial charge on any atom is 0.315 e. The minimum Gasteiger partial charge on any atom is -0.469 e. The van der Waals surface area contributed by atoms with Crippen molar-refractivity contribution < 1.29 is 29.0 Å². The second-order valence-corrected chi connectivity index (χ2v) is 2.95. The Labute approximate surface area is 105 Å². The molecule has 2 N–H and O–H groups in total. The van der Waals surface area contributed by atoms with E-state index in [4.69, 9.17) is 5.11 Å². The quantitative estimate of drug-likeness (QED) is 0.347. The molecule has 104 valence electrons. The van der Waals surface area contributed by atoms with Gasteiger partial charge in [0.25, 0.3) is 0 Å². The summed E-state index contributed by atoms with van der Waals surface area (Å²) in [4.78, 5) is 42.1. The number of β-lactam (4-membered cyclic amide) rings is 2.